The zero-order chi connectivity index (χ0) is 15.6. The molecule has 0 heterocycles. The van der Waals surface area contributed by atoms with Crippen molar-refractivity contribution >= 4 is 5.97 Å². The van der Waals surface area contributed by atoms with Crippen molar-refractivity contribution in [3.63, 3.8) is 0 Å². The van der Waals surface area contributed by atoms with Gasteiger partial charge in [-0.1, -0.05) is 69.2 Å². The largest absolute Gasteiger partial charge is 0.481 e. The molecule has 2 heteroatoms. The number of carboxylic acid groups (broad SMARTS) is 1. The van der Waals surface area contributed by atoms with Crippen LogP contribution in [0.2, 0.25) is 0 Å². The minimum atomic E-state index is -0.707. The van der Waals surface area contributed by atoms with E-state index in [0.717, 1.165) is 6.42 Å². The molecule has 0 aliphatic heterocycles. The topological polar surface area (TPSA) is 37.3 Å². The number of carbonyl (C=O) groups is 1. The molecule has 0 aliphatic carbocycles. The van der Waals surface area contributed by atoms with Gasteiger partial charge in [-0.25, -0.2) is 0 Å². The second kappa shape index (κ2) is 17.0. The molecule has 0 rings (SSSR count). The fraction of sp³-hybridized carbons (Fsp3) is 0.737. The lowest BCUT2D eigenvalue weighted by Gasteiger charge is -2.01. The van der Waals surface area contributed by atoms with Crippen LogP contribution in [0.25, 0.3) is 0 Å². The number of unbranched alkanes of at least 4 members (excludes halogenated alkanes) is 10. The van der Waals surface area contributed by atoms with Gasteiger partial charge in [0.15, 0.2) is 0 Å². The fourth-order valence-corrected chi connectivity index (χ4v) is 2.37. The molecule has 0 aromatic heterocycles. The summed E-state index contributed by atoms with van der Waals surface area (Å²) in [7, 11) is 0. The van der Waals surface area contributed by atoms with Gasteiger partial charge in [0, 0.05) is 6.42 Å². The number of carboxylic acids is 1. The summed E-state index contributed by atoms with van der Waals surface area (Å²) in [5, 5.41) is 8.49. The lowest BCUT2D eigenvalue weighted by Crippen LogP contribution is -1.91. The van der Waals surface area contributed by atoms with Crippen LogP contribution in [0.15, 0.2) is 24.3 Å². The van der Waals surface area contributed by atoms with E-state index in [1.54, 1.807) is 0 Å². The van der Waals surface area contributed by atoms with Gasteiger partial charge in [-0.05, 0) is 39.0 Å². The molecule has 0 saturated heterocycles. The molecule has 21 heavy (non-hydrogen) atoms. The number of hydrogen-bond acceptors (Lipinski definition) is 1. The molecule has 0 fully saturated rings. The maximum atomic E-state index is 10.3. The van der Waals surface area contributed by atoms with Crippen LogP contribution in [0, 0.1) is 0 Å². The Bertz CT molecular complexity index is 279. The molecular weight excluding hydrogens is 260 g/mol. The van der Waals surface area contributed by atoms with Gasteiger partial charge in [0.25, 0.3) is 0 Å². The number of allylic oxidation sites excluding steroid dienone is 4. The van der Waals surface area contributed by atoms with E-state index in [1.807, 2.05) is 6.08 Å². The Morgan fingerprint density at radius 1 is 0.714 bits per heavy atom. The van der Waals surface area contributed by atoms with Crippen LogP contribution in [0.5, 0.6) is 0 Å². The second-order valence-electron chi connectivity index (χ2n) is 5.73. The Morgan fingerprint density at radius 2 is 1.14 bits per heavy atom. The summed E-state index contributed by atoms with van der Waals surface area (Å²) < 4.78 is 0. The van der Waals surface area contributed by atoms with Crippen molar-refractivity contribution in [2.45, 2.75) is 90.4 Å². The summed E-state index contributed by atoms with van der Waals surface area (Å²) in [4.78, 5) is 10.3. The molecule has 1 N–H and O–H groups in total. The lowest BCUT2D eigenvalue weighted by molar-refractivity contribution is -0.136. The lowest BCUT2D eigenvalue weighted by atomic mass is 10.1. The highest BCUT2D eigenvalue weighted by Crippen LogP contribution is 2.11. The molecule has 0 aliphatic rings. The molecule has 0 saturated carbocycles. The highest BCUT2D eigenvalue weighted by molar-refractivity contribution is 5.66. The van der Waals surface area contributed by atoms with Crippen LogP contribution < -0.4 is 0 Å². The summed E-state index contributed by atoms with van der Waals surface area (Å²) in [6.07, 6.45) is 24.0. The predicted octanol–water partition coefficient (Wildman–Crippen LogP) is 6.27. The second-order valence-corrected chi connectivity index (χ2v) is 5.73. The molecule has 0 aromatic rings. The van der Waals surface area contributed by atoms with Crippen LogP contribution in [0.3, 0.4) is 0 Å². The van der Waals surface area contributed by atoms with Crippen molar-refractivity contribution in [2.24, 2.45) is 0 Å². The summed E-state index contributed by atoms with van der Waals surface area (Å²) in [6, 6.07) is 0. The van der Waals surface area contributed by atoms with E-state index in [1.165, 1.54) is 64.2 Å². The van der Waals surface area contributed by atoms with Gasteiger partial charge < -0.3 is 5.11 Å². The van der Waals surface area contributed by atoms with E-state index in [-0.39, 0.29) is 6.42 Å². The maximum Gasteiger partial charge on any atom is 0.303 e. The smallest absolute Gasteiger partial charge is 0.303 e. The highest BCUT2D eigenvalue weighted by atomic mass is 16.4. The quantitative estimate of drug-likeness (QED) is 0.285. The predicted molar refractivity (Wildman–Crippen MR) is 91.6 cm³/mol. The zero-order valence-electron chi connectivity index (χ0n) is 13.9. The molecule has 0 spiro atoms. The van der Waals surface area contributed by atoms with Crippen molar-refractivity contribution in [2.75, 3.05) is 0 Å². The van der Waals surface area contributed by atoms with Crippen LogP contribution in [-0.2, 0) is 4.79 Å². The third kappa shape index (κ3) is 18.9. The first kappa shape index (κ1) is 19.9. The minimum Gasteiger partial charge on any atom is -0.481 e. The van der Waals surface area contributed by atoms with Gasteiger partial charge in [0.1, 0.15) is 0 Å². The normalized spacial score (nSPS) is 11.7. The van der Waals surface area contributed by atoms with Crippen LogP contribution in [0.1, 0.15) is 90.4 Å². The molecular formula is C19H34O2. The maximum absolute atomic E-state index is 10.3. The standard InChI is InChI=1S/C19H34O2/c1-2-3-4-5-6-7-8-9-10-11-12-13-14-15-16-17-18-19(20)21/h2-3,15-16H,4-14,17-18H2,1H3,(H,20,21)/b3-2+,16-15+. The number of aliphatic carboxylic acids is 1. The first-order chi connectivity index (χ1) is 10.3. The van der Waals surface area contributed by atoms with Crippen molar-refractivity contribution in [1.82, 2.24) is 0 Å². The monoisotopic (exact) mass is 294 g/mol. The van der Waals surface area contributed by atoms with Gasteiger partial charge in [0.2, 0.25) is 0 Å². The number of rotatable bonds is 15. The third-order valence-electron chi connectivity index (χ3n) is 3.67. The Morgan fingerprint density at radius 3 is 1.62 bits per heavy atom. The van der Waals surface area contributed by atoms with Crippen molar-refractivity contribution in [1.29, 1.82) is 0 Å². The van der Waals surface area contributed by atoms with E-state index in [9.17, 15) is 4.79 Å². The molecule has 0 atom stereocenters. The zero-order valence-corrected chi connectivity index (χ0v) is 13.9. The Kier molecular flexibility index (Phi) is 16.2. The average molecular weight is 294 g/mol. The fourth-order valence-electron chi connectivity index (χ4n) is 2.37. The molecule has 0 bridgehead atoms. The SMILES string of the molecule is C/C=C/CCCCCCCCCCC/C=C/CCC(=O)O. The third-order valence-corrected chi connectivity index (χ3v) is 3.67. The van der Waals surface area contributed by atoms with Crippen molar-refractivity contribution < 1.29 is 9.90 Å². The van der Waals surface area contributed by atoms with E-state index in [0.29, 0.717) is 6.42 Å². The summed E-state index contributed by atoms with van der Waals surface area (Å²) in [5.74, 6) is -0.707. The van der Waals surface area contributed by atoms with Gasteiger partial charge in [0.05, 0.1) is 0 Å². The van der Waals surface area contributed by atoms with Crippen LogP contribution in [-0.4, -0.2) is 11.1 Å². The molecule has 2 nitrogen and oxygen atoms in total. The van der Waals surface area contributed by atoms with Gasteiger partial charge in [-0.3, -0.25) is 4.79 Å². The van der Waals surface area contributed by atoms with E-state index in [4.69, 9.17) is 5.11 Å². The highest BCUT2D eigenvalue weighted by Gasteiger charge is 1.93. The van der Waals surface area contributed by atoms with Crippen molar-refractivity contribution in [3.8, 4) is 0 Å². The Balaban J connectivity index is 3.07. The molecule has 122 valence electrons. The first-order valence-corrected chi connectivity index (χ1v) is 8.75. The first-order valence-electron chi connectivity index (χ1n) is 8.75. The van der Waals surface area contributed by atoms with Gasteiger partial charge in [-0.2, -0.15) is 0 Å². The molecule has 0 aromatic carbocycles. The Labute approximate surface area is 131 Å². The summed E-state index contributed by atoms with van der Waals surface area (Å²) >= 11 is 0. The molecule has 0 unspecified atom stereocenters. The Hall–Kier alpha value is -1.05. The molecule has 0 radical (unpaired) electrons. The van der Waals surface area contributed by atoms with E-state index >= 15 is 0 Å². The summed E-state index contributed by atoms with van der Waals surface area (Å²) in [6.45, 7) is 2.09. The minimum absolute atomic E-state index is 0.255. The van der Waals surface area contributed by atoms with Gasteiger partial charge >= 0.3 is 5.97 Å². The van der Waals surface area contributed by atoms with Gasteiger partial charge in [-0.15, -0.1) is 0 Å². The van der Waals surface area contributed by atoms with E-state index < -0.39 is 5.97 Å². The van der Waals surface area contributed by atoms with Crippen LogP contribution >= 0.6 is 0 Å². The van der Waals surface area contributed by atoms with E-state index in [2.05, 4.69) is 25.2 Å². The summed E-state index contributed by atoms with van der Waals surface area (Å²) in [5.41, 5.74) is 0. The molecule has 0 amide bonds. The van der Waals surface area contributed by atoms with Crippen LogP contribution in [0.4, 0.5) is 0 Å². The van der Waals surface area contributed by atoms with Crippen molar-refractivity contribution in [3.05, 3.63) is 24.3 Å². The average Bonchev–Trinajstić information content (AvgIpc) is 2.46. The number of hydrogen-bond donors (Lipinski definition) is 1.